The Bertz CT molecular complexity index is 914. The Morgan fingerprint density at radius 2 is 1.71 bits per heavy atom. The smallest absolute Gasteiger partial charge is 0.326 e. The van der Waals surface area contributed by atoms with Crippen LogP contribution in [-0.4, -0.2) is 86.5 Å². The van der Waals surface area contributed by atoms with Crippen LogP contribution in [0.3, 0.4) is 0 Å². The lowest BCUT2D eigenvalue weighted by molar-refractivity contribution is -0.147. The van der Waals surface area contributed by atoms with Gasteiger partial charge in [0.15, 0.2) is 0 Å². The number of aromatic amines is 1. The molecule has 4 unspecified atom stereocenters. The quantitative estimate of drug-likeness (QED) is 0.139. The maximum Gasteiger partial charge on any atom is 0.326 e. The number of imidazole rings is 1. The summed E-state index contributed by atoms with van der Waals surface area (Å²) in [6, 6.07) is -5.07. The van der Waals surface area contributed by atoms with Gasteiger partial charge in [0.25, 0.3) is 0 Å². The van der Waals surface area contributed by atoms with Gasteiger partial charge in [-0.15, -0.1) is 0 Å². The van der Waals surface area contributed by atoms with Crippen LogP contribution in [0.1, 0.15) is 31.4 Å². The lowest BCUT2D eigenvalue weighted by atomic mass is 10.1. The number of nitrogens with one attached hydrogen (secondary N) is 5. The molecule has 0 saturated carbocycles. The van der Waals surface area contributed by atoms with Gasteiger partial charge in [-0.2, -0.15) is 0 Å². The third-order valence-corrected chi connectivity index (χ3v) is 5.02. The Balaban J connectivity index is 2.16. The van der Waals surface area contributed by atoms with Crippen LogP contribution in [0.25, 0.3) is 0 Å². The number of H-pyrrole nitrogens is 1. The zero-order chi connectivity index (χ0) is 25.3. The SMILES string of the molecule is NC(=O)CC(NC(=O)C(Cc1cnc[nH]1)NC(=O)C1CCCN1)C(=O)NC(CC(=O)O)C(=O)O. The van der Waals surface area contributed by atoms with Gasteiger partial charge in [-0.3, -0.25) is 24.0 Å². The summed E-state index contributed by atoms with van der Waals surface area (Å²) in [5.41, 5.74) is 5.66. The van der Waals surface area contributed by atoms with Gasteiger partial charge >= 0.3 is 11.9 Å². The average Bonchev–Trinajstić information content (AvgIpc) is 3.45. The first-order chi connectivity index (χ1) is 16.1. The molecular formula is C19H27N7O8. The van der Waals surface area contributed by atoms with Gasteiger partial charge in [0, 0.05) is 18.3 Å². The summed E-state index contributed by atoms with van der Waals surface area (Å²) < 4.78 is 0. The highest BCUT2D eigenvalue weighted by Gasteiger charge is 2.33. The minimum Gasteiger partial charge on any atom is -0.481 e. The first-order valence-corrected chi connectivity index (χ1v) is 10.4. The molecule has 1 fully saturated rings. The molecule has 15 nitrogen and oxygen atoms in total. The highest BCUT2D eigenvalue weighted by Crippen LogP contribution is 2.07. The lowest BCUT2D eigenvalue weighted by Crippen LogP contribution is -2.58. The summed E-state index contributed by atoms with van der Waals surface area (Å²) in [7, 11) is 0. The Labute approximate surface area is 193 Å². The van der Waals surface area contributed by atoms with E-state index in [2.05, 4.69) is 25.9 Å². The summed E-state index contributed by atoms with van der Waals surface area (Å²) in [6.45, 7) is 0.650. The van der Waals surface area contributed by atoms with Crippen molar-refractivity contribution in [3.8, 4) is 0 Å². The number of carboxylic acids is 2. The molecule has 1 aromatic rings. The molecule has 1 aromatic heterocycles. The van der Waals surface area contributed by atoms with E-state index in [4.69, 9.17) is 15.9 Å². The number of carboxylic acid groups (broad SMARTS) is 2. The molecule has 1 saturated heterocycles. The van der Waals surface area contributed by atoms with Crippen molar-refractivity contribution in [2.24, 2.45) is 5.73 Å². The van der Waals surface area contributed by atoms with Crippen molar-refractivity contribution in [2.45, 2.75) is 56.3 Å². The maximum absolute atomic E-state index is 13.0. The Hall–Kier alpha value is -4.01. The standard InChI is InChI=1S/C19H27N7O8/c20-14(27)5-12(18(32)26-13(19(33)34)6-15(28)29)25-17(31)11(4-9-7-21-8-23-9)24-16(30)10-2-1-3-22-10/h7-8,10-13,22H,1-6H2,(H2,20,27)(H,21,23)(H,24,30)(H,25,31)(H,26,32)(H,28,29)(H,33,34). The molecule has 0 radical (unpaired) electrons. The highest BCUT2D eigenvalue weighted by molar-refractivity contribution is 5.96. The maximum atomic E-state index is 13.0. The lowest BCUT2D eigenvalue weighted by Gasteiger charge is -2.24. The number of nitrogens with zero attached hydrogens (tertiary/aromatic N) is 1. The van der Waals surface area contributed by atoms with Crippen molar-refractivity contribution in [1.82, 2.24) is 31.2 Å². The van der Waals surface area contributed by atoms with E-state index in [0.29, 0.717) is 18.7 Å². The van der Waals surface area contributed by atoms with Crippen LogP contribution >= 0.6 is 0 Å². The minimum absolute atomic E-state index is 0.0219. The van der Waals surface area contributed by atoms with Crippen LogP contribution in [0.5, 0.6) is 0 Å². The first kappa shape index (κ1) is 26.2. The van der Waals surface area contributed by atoms with Crippen LogP contribution < -0.4 is 27.0 Å². The van der Waals surface area contributed by atoms with E-state index >= 15 is 0 Å². The van der Waals surface area contributed by atoms with E-state index in [1.54, 1.807) is 0 Å². The second-order valence-electron chi connectivity index (χ2n) is 7.72. The summed E-state index contributed by atoms with van der Waals surface area (Å²) >= 11 is 0. The van der Waals surface area contributed by atoms with Gasteiger partial charge in [0.2, 0.25) is 23.6 Å². The second kappa shape index (κ2) is 12.3. The van der Waals surface area contributed by atoms with Crippen LogP contribution in [0.2, 0.25) is 0 Å². The molecule has 34 heavy (non-hydrogen) atoms. The minimum atomic E-state index is -1.80. The molecule has 0 aromatic carbocycles. The normalized spacial score (nSPS) is 17.7. The van der Waals surface area contributed by atoms with Gasteiger partial charge in [0.1, 0.15) is 18.1 Å². The number of nitrogens with two attached hydrogens (primary N) is 1. The van der Waals surface area contributed by atoms with Crippen LogP contribution in [-0.2, 0) is 35.2 Å². The fourth-order valence-corrected chi connectivity index (χ4v) is 3.34. The van der Waals surface area contributed by atoms with E-state index in [-0.39, 0.29) is 6.42 Å². The number of carbonyl (C=O) groups excluding carboxylic acids is 4. The highest BCUT2D eigenvalue weighted by atomic mass is 16.4. The van der Waals surface area contributed by atoms with E-state index in [0.717, 1.165) is 6.42 Å². The Morgan fingerprint density at radius 3 is 2.24 bits per heavy atom. The Kier molecular flexibility index (Phi) is 9.49. The van der Waals surface area contributed by atoms with Crippen LogP contribution in [0.4, 0.5) is 0 Å². The topological polar surface area (TPSA) is 246 Å². The van der Waals surface area contributed by atoms with Gasteiger partial charge in [-0.25, -0.2) is 9.78 Å². The van der Waals surface area contributed by atoms with Crippen molar-refractivity contribution in [2.75, 3.05) is 6.54 Å². The van der Waals surface area contributed by atoms with Crippen LogP contribution in [0.15, 0.2) is 12.5 Å². The average molecular weight is 481 g/mol. The fourth-order valence-electron chi connectivity index (χ4n) is 3.34. The number of hydrogen-bond acceptors (Lipinski definition) is 8. The second-order valence-corrected chi connectivity index (χ2v) is 7.72. The van der Waals surface area contributed by atoms with Crippen molar-refractivity contribution >= 4 is 35.6 Å². The van der Waals surface area contributed by atoms with Crippen molar-refractivity contribution < 1.29 is 39.0 Å². The predicted molar refractivity (Wildman–Crippen MR) is 113 cm³/mol. The van der Waals surface area contributed by atoms with E-state index in [1.165, 1.54) is 12.5 Å². The molecule has 0 aliphatic carbocycles. The molecule has 186 valence electrons. The predicted octanol–water partition coefficient (Wildman–Crippen LogP) is -3.41. The molecule has 1 aliphatic heterocycles. The number of hydrogen-bond donors (Lipinski definition) is 8. The van der Waals surface area contributed by atoms with Crippen molar-refractivity contribution in [3.63, 3.8) is 0 Å². The molecule has 1 aliphatic rings. The number of carbonyl (C=O) groups is 6. The molecule has 2 rings (SSSR count). The number of rotatable bonds is 13. The monoisotopic (exact) mass is 481 g/mol. The molecule has 9 N–H and O–H groups in total. The van der Waals surface area contributed by atoms with Crippen LogP contribution in [0, 0.1) is 0 Å². The zero-order valence-electron chi connectivity index (χ0n) is 18.1. The molecule has 15 heteroatoms. The largest absolute Gasteiger partial charge is 0.481 e. The zero-order valence-corrected chi connectivity index (χ0v) is 18.1. The third-order valence-electron chi connectivity index (χ3n) is 5.02. The number of amides is 4. The van der Waals surface area contributed by atoms with Gasteiger partial charge in [-0.1, -0.05) is 0 Å². The fraction of sp³-hybridized carbons (Fsp3) is 0.526. The molecule has 2 heterocycles. The Morgan fingerprint density at radius 1 is 1.03 bits per heavy atom. The molecule has 0 bridgehead atoms. The molecule has 0 spiro atoms. The first-order valence-electron chi connectivity index (χ1n) is 10.4. The summed E-state index contributed by atoms with van der Waals surface area (Å²) in [5, 5.41) is 27.8. The number of aliphatic carboxylic acids is 2. The number of aromatic nitrogens is 2. The van der Waals surface area contributed by atoms with E-state index in [1.807, 2.05) is 5.32 Å². The summed E-state index contributed by atoms with van der Waals surface area (Å²) in [4.78, 5) is 78.3. The molecule has 4 atom stereocenters. The van der Waals surface area contributed by atoms with Gasteiger partial charge in [0.05, 0.1) is 25.2 Å². The van der Waals surface area contributed by atoms with E-state index < -0.39 is 72.6 Å². The summed E-state index contributed by atoms with van der Waals surface area (Å²) in [5.74, 6) is -6.47. The number of primary amides is 1. The molecular weight excluding hydrogens is 454 g/mol. The molecule has 4 amide bonds. The van der Waals surface area contributed by atoms with E-state index in [9.17, 15) is 28.8 Å². The third kappa shape index (κ3) is 8.16. The van der Waals surface area contributed by atoms with Gasteiger partial charge < -0.3 is 42.2 Å². The van der Waals surface area contributed by atoms with Crippen molar-refractivity contribution in [1.29, 1.82) is 0 Å². The van der Waals surface area contributed by atoms with Crippen molar-refractivity contribution in [3.05, 3.63) is 18.2 Å². The van der Waals surface area contributed by atoms with Gasteiger partial charge in [-0.05, 0) is 19.4 Å². The summed E-state index contributed by atoms with van der Waals surface area (Å²) in [6.07, 6.45) is 2.55.